The van der Waals surface area contributed by atoms with Crippen molar-refractivity contribution in [2.24, 2.45) is 0 Å². The maximum Gasteiger partial charge on any atom is 0.182 e. The number of aromatic nitrogens is 2. The van der Waals surface area contributed by atoms with E-state index in [4.69, 9.17) is 35.4 Å². The summed E-state index contributed by atoms with van der Waals surface area (Å²) < 4.78 is 3.45. The number of aryl methyl sites for hydroxylation is 1. The number of benzene rings is 2. The van der Waals surface area contributed by atoms with Gasteiger partial charge in [-0.25, -0.2) is 0 Å². The van der Waals surface area contributed by atoms with Crippen molar-refractivity contribution in [3.8, 4) is 5.69 Å². The first-order chi connectivity index (χ1) is 9.47. The van der Waals surface area contributed by atoms with E-state index in [0.29, 0.717) is 14.8 Å². The standard InChI is InChI=1S/C14H9BrCl2N2S/c1-7-4-9(15)12(6-10(7)17)19-13-5-8(16)2-3-11(13)18-14(19)20/h2-6H,1H3,(H,18,20). The Morgan fingerprint density at radius 1 is 1.20 bits per heavy atom. The molecule has 1 heterocycles. The maximum absolute atomic E-state index is 6.23. The number of fused-ring (bicyclic) bond motifs is 1. The van der Waals surface area contributed by atoms with Crippen molar-refractivity contribution < 1.29 is 0 Å². The van der Waals surface area contributed by atoms with Crippen LogP contribution in [0.15, 0.2) is 34.8 Å². The molecule has 0 bridgehead atoms. The number of rotatable bonds is 1. The molecule has 102 valence electrons. The van der Waals surface area contributed by atoms with Crippen molar-refractivity contribution >= 4 is 62.4 Å². The number of hydrogen-bond acceptors (Lipinski definition) is 1. The lowest BCUT2D eigenvalue weighted by atomic mass is 10.2. The quantitative estimate of drug-likeness (QED) is 0.502. The molecule has 0 saturated carbocycles. The molecular formula is C14H9BrCl2N2S. The minimum atomic E-state index is 0.600. The topological polar surface area (TPSA) is 20.7 Å². The molecule has 3 rings (SSSR count). The highest BCUT2D eigenvalue weighted by Crippen LogP contribution is 2.31. The second kappa shape index (κ2) is 5.19. The SMILES string of the molecule is Cc1cc(Br)c(-n2c(=S)[nH]c3ccc(Cl)cc32)cc1Cl. The summed E-state index contributed by atoms with van der Waals surface area (Å²) >= 11 is 21.3. The zero-order valence-electron chi connectivity index (χ0n) is 10.4. The molecule has 2 aromatic carbocycles. The summed E-state index contributed by atoms with van der Waals surface area (Å²) in [5.74, 6) is 0. The van der Waals surface area contributed by atoms with Gasteiger partial charge in [0.1, 0.15) is 0 Å². The molecule has 6 heteroatoms. The summed E-state index contributed by atoms with van der Waals surface area (Å²) in [7, 11) is 0. The van der Waals surface area contributed by atoms with E-state index in [2.05, 4.69) is 20.9 Å². The van der Waals surface area contributed by atoms with Crippen molar-refractivity contribution in [2.75, 3.05) is 0 Å². The molecule has 0 atom stereocenters. The smallest absolute Gasteiger partial charge is 0.182 e. The molecule has 0 unspecified atom stereocenters. The number of H-pyrrole nitrogens is 1. The zero-order chi connectivity index (χ0) is 14.4. The van der Waals surface area contributed by atoms with E-state index in [1.54, 1.807) is 0 Å². The van der Waals surface area contributed by atoms with Gasteiger partial charge >= 0.3 is 0 Å². The van der Waals surface area contributed by atoms with Crippen LogP contribution in [0.25, 0.3) is 16.7 Å². The lowest BCUT2D eigenvalue weighted by molar-refractivity contribution is 1.05. The maximum atomic E-state index is 6.23. The molecule has 3 aromatic rings. The van der Waals surface area contributed by atoms with Crippen molar-refractivity contribution in [3.05, 3.63) is 55.2 Å². The highest BCUT2D eigenvalue weighted by Gasteiger charge is 2.12. The summed E-state index contributed by atoms with van der Waals surface area (Å²) in [5.41, 5.74) is 3.75. The molecule has 0 spiro atoms. The summed E-state index contributed by atoms with van der Waals surface area (Å²) in [6.07, 6.45) is 0. The van der Waals surface area contributed by atoms with E-state index in [-0.39, 0.29) is 0 Å². The lowest BCUT2D eigenvalue weighted by Gasteiger charge is -2.10. The third-order valence-electron chi connectivity index (χ3n) is 3.11. The second-order valence-electron chi connectivity index (χ2n) is 4.48. The molecule has 1 N–H and O–H groups in total. The van der Waals surface area contributed by atoms with Gasteiger partial charge in [0.2, 0.25) is 0 Å². The average Bonchev–Trinajstić information content (AvgIpc) is 2.69. The minimum Gasteiger partial charge on any atom is -0.330 e. The van der Waals surface area contributed by atoms with Crippen LogP contribution in [-0.2, 0) is 0 Å². The van der Waals surface area contributed by atoms with E-state index in [0.717, 1.165) is 26.8 Å². The molecule has 20 heavy (non-hydrogen) atoms. The van der Waals surface area contributed by atoms with E-state index < -0.39 is 0 Å². The summed E-state index contributed by atoms with van der Waals surface area (Å²) in [6.45, 7) is 1.96. The number of imidazole rings is 1. The summed E-state index contributed by atoms with van der Waals surface area (Å²) in [6, 6.07) is 9.49. The van der Waals surface area contributed by atoms with E-state index in [1.165, 1.54) is 0 Å². The predicted octanol–water partition coefficient (Wildman–Crippen LogP) is 6.07. The first kappa shape index (κ1) is 14.1. The molecule has 0 amide bonds. The van der Waals surface area contributed by atoms with Gasteiger partial charge in [-0.1, -0.05) is 23.2 Å². The van der Waals surface area contributed by atoms with E-state index in [1.807, 2.05) is 41.8 Å². The van der Waals surface area contributed by atoms with Crippen molar-refractivity contribution in [1.82, 2.24) is 9.55 Å². The van der Waals surface area contributed by atoms with Gasteiger partial charge in [0.15, 0.2) is 4.77 Å². The number of aromatic amines is 1. The molecule has 0 radical (unpaired) electrons. The van der Waals surface area contributed by atoms with E-state index >= 15 is 0 Å². The fourth-order valence-corrected chi connectivity index (χ4v) is 3.39. The van der Waals surface area contributed by atoms with Gasteiger partial charge in [-0.2, -0.15) is 0 Å². The fourth-order valence-electron chi connectivity index (χ4n) is 2.12. The van der Waals surface area contributed by atoms with Crippen LogP contribution in [0.1, 0.15) is 5.56 Å². The monoisotopic (exact) mass is 386 g/mol. The molecule has 2 nitrogen and oxygen atoms in total. The number of nitrogens with one attached hydrogen (secondary N) is 1. The number of hydrogen-bond donors (Lipinski definition) is 1. The fraction of sp³-hybridized carbons (Fsp3) is 0.0714. The van der Waals surface area contributed by atoms with Gasteiger partial charge in [0.05, 0.1) is 16.7 Å². The predicted molar refractivity (Wildman–Crippen MR) is 90.9 cm³/mol. The van der Waals surface area contributed by atoms with Gasteiger partial charge in [-0.15, -0.1) is 0 Å². The Balaban J connectivity index is 2.40. The second-order valence-corrected chi connectivity index (χ2v) is 6.56. The van der Waals surface area contributed by atoms with Gasteiger partial charge < -0.3 is 4.98 Å². The minimum absolute atomic E-state index is 0.600. The molecular weight excluding hydrogens is 379 g/mol. The van der Waals surface area contributed by atoms with Crippen LogP contribution >= 0.6 is 51.3 Å². The van der Waals surface area contributed by atoms with Crippen LogP contribution in [0.4, 0.5) is 0 Å². The van der Waals surface area contributed by atoms with Gasteiger partial charge in [0, 0.05) is 14.5 Å². The van der Waals surface area contributed by atoms with Crippen LogP contribution < -0.4 is 0 Å². The van der Waals surface area contributed by atoms with E-state index in [9.17, 15) is 0 Å². The van der Waals surface area contributed by atoms with Crippen LogP contribution in [0.2, 0.25) is 10.0 Å². The Morgan fingerprint density at radius 3 is 2.70 bits per heavy atom. The highest BCUT2D eigenvalue weighted by atomic mass is 79.9. The molecule has 1 aromatic heterocycles. The first-order valence-corrected chi connectivity index (χ1v) is 7.79. The molecule has 0 saturated heterocycles. The third kappa shape index (κ3) is 2.31. The van der Waals surface area contributed by atoms with Gasteiger partial charge in [-0.05, 0) is 71.0 Å². The lowest BCUT2D eigenvalue weighted by Crippen LogP contribution is -1.96. The van der Waals surface area contributed by atoms with Crippen molar-refractivity contribution in [3.63, 3.8) is 0 Å². The number of nitrogens with zero attached hydrogens (tertiary/aromatic N) is 1. The first-order valence-electron chi connectivity index (χ1n) is 5.83. The summed E-state index contributed by atoms with van der Waals surface area (Å²) in [5, 5.41) is 1.36. The highest BCUT2D eigenvalue weighted by molar-refractivity contribution is 9.10. The largest absolute Gasteiger partial charge is 0.330 e. The van der Waals surface area contributed by atoms with Crippen LogP contribution in [0, 0.1) is 11.7 Å². The third-order valence-corrected chi connectivity index (χ3v) is 4.68. The average molecular weight is 388 g/mol. The van der Waals surface area contributed by atoms with Gasteiger partial charge in [0.25, 0.3) is 0 Å². The Kier molecular flexibility index (Phi) is 3.67. The summed E-state index contributed by atoms with van der Waals surface area (Å²) in [4.78, 5) is 3.17. The van der Waals surface area contributed by atoms with Crippen molar-refractivity contribution in [1.29, 1.82) is 0 Å². The normalized spacial score (nSPS) is 11.2. The molecule has 0 fully saturated rings. The zero-order valence-corrected chi connectivity index (χ0v) is 14.3. The Morgan fingerprint density at radius 2 is 1.95 bits per heavy atom. The number of halogens is 3. The van der Waals surface area contributed by atoms with Crippen LogP contribution in [0.3, 0.4) is 0 Å². The Labute approximate surface area is 139 Å². The van der Waals surface area contributed by atoms with Gasteiger partial charge in [-0.3, -0.25) is 4.57 Å². The molecule has 0 aliphatic rings. The van der Waals surface area contributed by atoms with Crippen LogP contribution in [-0.4, -0.2) is 9.55 Å². The van der Waals surface area contributed by atoms with Crippen molar-refractivity contribution in [2.45, 2.75) is 6.92 Å². The Hall–Kier alpha value is -0.810. The molecule has 0 aliphatic heterocycles. The van der Waals surface area contributed by atoms with Crippen LogP contribution in [0.5, 0.6) is 0 Å². The molecule has 0 aliphatic carbocycles. The Bertz CT molecular complexity index is 883.